The van der Waals surface area contributed by atoms with E-state index in [1.807, 2.05) is 0 Å². The van der Waals surface area contributed by atoms with E-state index >= 15 is 0 Å². The van der Waals surface area contributed by atoms with Crippen LogP contribution in [0.15, 0.2) is 40.5 Å². The summed E-state index contributed by atoms with van der Waals surface area (Å²) >= 11 is 0. The maximum Gasteiger partial charge on any atom is 0.132 e. The van der Waals surface area contributed by atoms with Crippen molar-refractivity contribution in [2.45, 2.75) is 70.4 Å². The number of hydrogen-bond acceptors (Lipinski definition) is 3. The highest BCUT2D eigenvalue weighted by Crippen LogP contribution is 2.26. The predicted octanol–water partition coefficient (Wildman–Crippen LogP) is 4.75. The second-order valence-corrected chi connectivity index (χ2v) is 6.36. The molecular weight excluding hydrogens is 272 g/mol. The molecule has 1 aromatic carbocycles. The van der Waals surface area contributed by atoms with E-state index < -0.39 is 0 Å². The summed E-state index contributed by atoms with van der Waals surface area (Å²) < 4.78 is 0. The van der Waals surface area contributed by atoms with E-state index in [-0.39, 0.29) is 6.04 Å². The zero-order chi connectivity index (χ0) is 15.2. The van der Waals surface area contributed by atoms with Crippen LogP contribution in [0.3, 0.4) is 0 Å². The first-order valence-electron chi connectivity index (χ1n) is 8.71. The number of oxime groups is 1. The average Bonchev–Trinajstić information content (AvgIpc) is 3.21. The second-order valence-electron chi connectivity index (χ2n) is 6.36. The molecule has 0 N–H and O–H groups in total. The minimum absolute atomic E-state index is 0.246. The number of nitrogens with zero attached hydrogens (tertiary/aromatic N) is 2. The second kappa shape index (κ2) is 7.57. The van der Waals surface area contributed by atoms with Crippen molar-refractivity contribution in [3.63, 3.8) is 0 Å². The lowest BCUT2D eigenvalue weighted by Gasteiger charge is -2.08. The normalized spacial score (nSPS) is 24.0. The van der Waals surface area contributed by atoms with Gasteiger partial charge in [0.25, 0.3) is 0 Å². The van der Waals surface area contributed by atoms with Gasteiger partial charge in [-0.2, -0.15) is 0 Å². The topological polar surface area (TPSA) is 34.0 Å². The molecule has 0 saturated carbocycles. The largest absolute Gasteiger partial charge is 0.392 e. The maximum absolute atomic E-state index is 5.62. The molecule has 0 aromatic heterocycles. The Labute approximate surface area is 133 Å². The molecule has 2 atom stereocenters. The van der Waals surface area contributed by atoms with Crippen molar-refractivity contribution in [1.29, 1.82) is 0 Å². The van der Waals surface area contributed by atoms with Crippen LogP contribution in [0.4, 0.5) is 0 Å². The molecule has 3 rings (SSSR count). The van der Waals surface area contributed by atoms with E-state index in [1.54, 1.807) is 0 Å². The van der Waals surface area contributed by atoms with Gasteiger partial charge in [-0.3, -0.25) is 4.99 Å². The van der Waals surface area contributed by atoms with E-state index in [9.17, 15) is 0 Å². The van der Waals surface area contributed by atoms with Crippen LogP contribution < -0.4 is 0 Å². The number of hydrogen-bond donors (Lipinski definition) is 0. The molecule has 2 aliphatic rings. The van der Waals surface area contributed by atoms with Gasteiger partial charge in [0, 0.05) is 12.1 Å². The first-order chi connectivity index (χ1) is 10.9. The molecule has 118 valence electrons. The lowest BCUT2D eigenvalue weighted by atomic mass is 10.00. The molecule has 0 bridgehead atoms. The van der Waals surface area contributed by atoms with E-state index in [4.69, 9.17) is 9.83 Å². The van der Waals surface area contributed by atoms with Crippen LogP contribution in [0.5, 0.6) is 0 Å². The van der Waals surface area contributed by atoms with Gasteiger partial charge in [-0.05, 0) is 31.2 Å². The third kappa shape index (κ3) is 3.76. The van der Waals surface area contributed by atoms with Gasteiger partial charge >= 0.3 is 0 Å². The predicted molar refractivity (Wildman–Crippen MR) is 91.7 cm³/mol. The Morgan fingerprint density at radius 1 is 1.14 bits per heavy atom. The van der Waals surface area contributed by atoms with Crippen molar-refractivity contribution in [1.82, 2.24) is 0 Å². The lowest BCUT2D eigenvalue weighted by molar-refractivity contribution is 0.0770. The van der Waals surface area contributed by atoms with Crippen molar-refractivity contribution < 1.29 is 4.84 Å². The summed E-state index contributed by atoms with van der Waals surface area (Å²) in [5.74, 6) is 0. The minimum atomic E-state index is 0.246. The zero-order valence-corrected chi connectivity index (χ0v) is 13.5. The Morgan fingerprint density at radius 2 is 2.00 bits per heavy atom. The molecule has 3 heteroatoms. The van der Waals surface area contributed by atoms with E-state index in [2.05, 4.69) is 42.4 Å². The highest BCUT2D eigenvalue weighted by molar-refractivity contribution is 6.05. The molecule has 2 aliphatic heterocycles. The third-order valence-electron chi connectivity index (χ3n) is 4.59. The first-order valence-corrected chi connectivity index (χ1v) is 8.71. The van der Waals surface area contributed by atoms with Crippen LogP contribution in [0.2, 0.25) is 0 Å². The fourth-order valence-electron chi connectivity index (χ4n) is 3.28. The summed E-state index contributed by atoms with van der Waals surface area (Å²) in [6.45, 7) is 2.25. The number of benzene rings is 1. The van der Waals surface area contributed by atoms with Gasteiger partial charge in [0.2, 0.25) is 0 Å². The summed E-state index contributed by atoms with van der Waals surface area (Å²) in [5.41, 5.74) is 3.63. The van der Waals surface area contributed by atoms with Crippen molar-refractivity contribution in [2.24, 2.45) is 10.1 Å². The first kappa shape index (κ1) is 15.3. The van der Waals surface area contributed by atoms with Crippen LogP contribution in [-0.4, -0.2) is 23.6 Å². The van der Waals surface area contributed by atoms with Crippen LogP contribution in [0, 0.1) is 0 Å². The van der Waals surface area contributed by atoms with Crippen LogP contribution >= 0.6 is 0 Å². The summed E-state index contributed by atoms with van der Waals surface area (Å²) in [6, 6.07) is 10.7. The molecule has 0 unspecified atom stereocenters. The Hall–Kier alpha value is -1.64. The minimum Gasteiger partial charge on any atom is -0.392 e. The van der Waals surface area contributed by atoms with Crippen LogP contribution in [0.25, 0.3) is 0 Å². The molecule has 0 amide bonds. The van der Waals surface area contributed by atoms with E-state index in [0.29, 0.717) is 6.10 Å². The summed E-state index contributed by atoms with van der Waals surface area (Å²) in [6.07, 6.45) is 9.71. The number of aliphatic imine (C=N–C) groups is 1. The number of rotatable bonds is 7. The van der Waals surface area contributed by atoms with Gasteiger partial charge in [-0.25, -0.2) is 0 Å². The fourth-order valence-corrected chi connectivity index (χ4v) is 3.28. The highest BCUT2D eigenvalue weighted by Gasteiger charge is 2.30. The third-order valence-corrected chi connectivity index (χ3v) is 4.59. The molecular formula is C19H26N2O. The van der Waals surface area contributed by atoms with Gasteiger partial charge in [0.05, 0.1) is 11.8 Å². The summed E-state index contributed by atoms with van der Waals surface area (Å²) in [7, 11) is 0. The van der Waals surface area contributed by atoms with Crippen molar-refractivity contribution in [3.05, 3.63) is 35.9 Å². The Kier molecular flexibility index (Phi) is 5.25. The zero-order valence-electron chi connectivity index (χ0n) is 13.5. The quantitative estimate of drug-likeness (QED) is 0.669. The maximum atomic E-state index is 5.62. The molecule has 0 aliphatic carbocycles. The molecule has 22 heavy (non-hydrogen) atoms. The molecule has 0 spiro atoms. The van der Waals surface area contributed by atoms with Crippen molar-refractivity contribution in [2.75, 3.05) is 0 Å². The highest BCUT2D eigenvalue weighted by atomic mass is 16.6. The fraction of sp³-hybridized carbons (Fsp3) is 0.579. The van der Waals surface area contributed by atoms with Gasteiger partial charge in [0.1, 0.15) is 6.10 Å². The Bertz CT molecular complexity index is 536. The molecule has 1 aromatic rings. The van der Waals surface area contributed by atoms with Crippen molar-refractivity contribution in [3.8, 4) is 0 Å². The summed E-state index contributed by atoms with van der Waals surface area (Å²) in [4.78, 5) is 10.5. The van der Waals surface area contributed by atoms with Crippen molar-refractivity contribution >= 4 is 11.4 Å². The Morgan fingerprint density at radius 3 is 2.82 bits per heavy atom. The average molecular weight is 298 g/mol. The standard InChI is InChI=1S/C19H26N2O/c1-2-3-4-8-11-16-14-19(21-22-16)18-13-12-17(20-18)15-9-6-5-7-10-15/h5-7,9-10,16,18H,2-4,8,11-14H2,1H3/t16-,18-/m0/s1. The Balaban J connectivity index is 1.50. The van der Waals surface area contributed by atoms with Crippen LogP contribution in [-0.2, 0) is 4.84 Å². The lowest BCUT2D eigenvalue weighted by Crippen LogP contribution is -2.16. The van der Waals surface area contributed by atoms with E-state index in [1.165, 1.54) is 37.0 Å². The molecule has 2 heterocycles. The van der Waals surface area contributed by atoms with Crippen LogP contribution in [0.1, 0.15) is 63.9 Å². The summed E-state index contributed by atoms with van der Waals surface area (Å²) in [5, 5.41) is 4.34. The molecule has 0 fully saturated rings. The molecule has 0 saturated heterocycles. The smallest absolute Gasteiger partial charge is 0.132 e. The number of unbranched alkanes of at least 4 members (excludes halogenated alkanes) is 3. The van der Waals surface area contributed by atoms with Gasteiger partial charge in [-0.1, -0.05) is 61.7 Å². The molecule has 0 radical (unpaired) electrons. The molecule has 3 nitrogen and oxygen atoms in total. The SMILES string of the molecule is CCCCCC[C@H]1CC([C@@H]2CCC(c3ccccc3)=N2)=NO1. The van der Waals surface area contributed by atoms with Gasteiger partial charge < -0.3 is 4.84 Å². The van der Waals surface area contributed by atoms with Gasteiger partial charge in [-0.15, -0.1) is 0 Å². The van der Waals surface area contributed by atoms with Gasteiger partial charge in [0.15, 0.2) is 0 Å². The van der Waals surface area contributed by atoms with E-state index in [0.717, 1.165) is 31.4 Å². The monoisotopic (exact) mass is 298 g/mol.